The lowest BCUT2D eigenvalue weighted by atomic mass is 10.1. The molecule has 0 aromatic carbocycles. The molecular formula is C14H14N4. The van der Waals surface area contributed by atoms with E-state index in [1.54, 1.807) is 6.20 Å². The molecule has 0 atom stereocenters. The Kier molecular flexibility index (Phi) is 2.37. The molecule has 4 heteroatoms. The highest BCUT2D eigenvalue weighted by molar-refractivity contribution is 5.77. The van der Waals surface area contributed by atoms with Crippen molar-refractivity contribution in [1.29, 1.82) is 0 Å². The summed E-state index contributed by atoms with van der Waals surface area (Å²) in [5.74, 6) is 0. The quantitative estimate of drug-likeness (QED) is 0.654. The average molecular weight is 238 g/mol. The molecule has 4 nitrogen and oxygen atoms in total. The van der Waals surface area contributed by atoms with Gasteiger partial charge >= 0.3 is 0 Å². The normalized spacial score (nSPS) is 11.1. The zero-order chi connectivity index (χ0) is 12.7. The molecule has 0 aliphatic heterocycles. The van der Waals surface area contributed by atoms with Gasteiger partial charge in [-0.1, -0.05) is 6.07 Å². The van der Waals surface area contributed by atoms with E-state index in [9.17, 15) is 0 Å². The standard InChI is InChI=1S/C14H14N4/c1-9-8-10(2)18-14(16-9)13(11(3)17-18)12-6-4-5-7-15-12/h4-8H,1-3H3. The van der Waals surface area contributed by atoms with E-state index >= 15 is 0 Å². The van der Waals surface area contributed by atoms with Gasteiger partial charge in [-0.15, -0.1) is 0 Å². The number of fused-ring (bicyclic) bond motifs is 1. The molecule has 0 saturated heterocycles. The number of hydrogen-bond acceptors (Lipinski definition) is 3. The Morgan fingerprint density at radius 2 is 1.94 bits per heavy atom. The first-order chi connectivity index (χ1) is 8.66. The molecule has 3 heterocycles. The third-order valence-corrected chi connectivity index (χ3v) is 2.99. The Labute approximate surface area is 105 Å². The van der Waals surface area contributed by atoms with Gasteiger partial charge in [0.2, 0.25) is 0 Å². The van der Waals surface area contributed by atoms with E-state index in [-0.39, 0.29) is 0 Å². The SMILES string of the molecule is Cc1cc(C)n2nc(C)c(-c3ccccn3)c2n1. The number of hydrogen-bond donors (Lipinski definition) is 0. The summed E-state index contributed by atoms with van der Waals surface area (Å²) >= 11 is 0. The summed E-state index contributed by atoms with van der Waals surface area (Å²) < 4.78 is 1.88. The summed E-state index contributed by atoms with van der Waals surface area (Å²) in [6.45, 7) is 6.03. The molecular weight excluding hydrogens is 224 g/mol. The highest BCUT2D eigenvalue weighted by Gasteiger charge is 2.15. The molecule has 0 bridgehead atoms. The van der Waals surface area contributed by atoms with Crippen LogP contribution >= 0.6 is 0 Å². The lowest BCUT2D eigenvalue weighted by molar-refractivity contribution is 0.870. The molecule has 3 aromatic heterocycles. The molecule has 0 aliphatic carbocycles. The number of rotatable bonds is 1. The number of pyridine rings is 1. The summed E-state index contributed by atoms with van der Waals surface area (Å²) in [6.07, 6.45) is 1.79. The summed E-state index contributed by atoms with van der Waals surface area (Å²) in [4.78, 5) is 8.99. The zero-order valence-electron chi connectivity index (χ0n) is 10.7. The minimum atomic E-state index is 0.878. The zero-order valence-corrected chi connectivity index (χ0v) is 10.7. The van der Waals surface area contributed by atoms with Gasteiger partial charge in [0.15, 0.2) is 5.65 Å². The van der Waals surface area contributed by atoms with Crippen LogP contribution in [0.5, 0.6) is 0 Å². The Balaban J connectivity index is 2.39. The van der Waals surface area contributed by atoms with Crippen LogP contribution in [0.1, 0.15) is 17.1 Å². The molecule has 90 valence electrons. The second-order valence-corrected chi connectivity index (χ2v) is 4.45. The lowest BCUT2D eigenvalue weighted by Gasteiger charge is -2.02. The van der Waals surface area contributed by atoms with Crippen molar-refractivity contribution < 1.29 is 0 Å². The van der Waals surface area contributed by atoms with Gasteiger partial charge in [0.05, 0.1) is 17.0 Å². The topological polar surface area (TPSA) is 43.1 Å². The monoisotopic (exact) mass is 238 g/mol. The summed E-state index contributed by atoms with van der Waals surface area (Å²) in [5.41, 5.74) is 5.85. The Morgan fingerprint density at radius 3 is 2.67 bits per heavy atom. The molecule has 0 unspecified atom stereocenters. The van der Waals surface area contributed by atoms with E-state index < -0.39 is 0 Å². The van der Waals surface area contributed by atoms with Crippen LogP contribution in [0.15, 0.2) is 30.5 Å². The fourth-order valence-corrected chi connectivity index (χ4v) is 2.24. The Bertz CT molecular complexity index is 713. The van der Waals surface area contributed by atoms with Gasteiger partial charge in [0, 0.05) is 17.6 Å². The van der Waals surface area contributed by atoms with E-state index in [0.717, 1.165) is 34.0 Å². The third kappa shape index (κ3) is 1.57. The predicted octanol–water partition coefficient (Wildman–Crippen LogP) is 2.72. The number of aromatic nitrogens is 4. The van der Waals surface area contributed by atoms with Gasteiger partial charge in [0.25, 0.3) is 0 Å². The van der Waals surface area contributed by atoms with Crippen molar-refractivity contribution in [3.8, 4) is 11.3 Å². The molecule has 0 radical (unpaired) electrons. The fourth-order valence-electron chi connectivity index (χ4n) is 2.24. The largest absolute Gasteiger partial charge is 0.256 e. The second kappa shape index (κ2) is 3.91. The highest BCUT2D eigenvalue weighted by Crippen LogP contribution is 2.25. The summed E-state index contributed by atoms with van der Waals surface area (Å²) in [7, 11) is 0. The van der Waals surface area contributed by atoms with E-state index in [1.807, 2.05) is 49.6 Å². The maximum absolute atomic E-state index is 4.59. The first-order valence-corrected chi connectivity index (χ1v) is 5.92. The van der Waals surface area contributed by atoms with E-state index in [0.29, 0.717) is 0 Å². The maximum Gasteiger partial charge on any atom is 0.165 e. The van der Waals surface area contributed by atoms with Crippen LogP contribution in [-0.4, -0.2) is 19.6 Å². The van der Waals surface area contributed by atoms with E-state index in [4.69, 9.17) is 0 Å². The van der Waals surface area contributed by atoms with Crippen LogP contribution in [-0.2, 0) is 0 Å². The van der Waals surface area contributed by atoms with Gasteiger partial charge in [-0.2, -0.15) is 5.10 Å². The van der Waals surface area contributed by atoms with Crippen molar-refractivity contribution >= 4 is 5.65 Å². The van der Waals surface area contributed by atoms with Gasteiger partial charge in [0.1, 0.15) is 0 Å². The third-order valence-electron chi connectivity index (χ3n) is 2.99. The molecule has 0 amide bonds. The first-order valence-electron chi connectivity index (χ1n) is 5.92. The van der Waals surface area contributed by atoms with Crippen LogP contribution in [0.4, 0.5) is 0 Å². The molecule has 0 spiro atoms. The van der Waals surface area contributed by atoms with Gasteiger partial charge in [-0.25, -0.2) is 9.50 Å². The molecule has 0 N–H and O–H groups in total. The van der Waals surface area contributed by atoms with Crippen LogP contribution in [0.3, 0.4) is 0 Å². The highest BCUT2D eigenvalue weighted by atomic mass is 15.3. The smallest absolute Gasteiger partial charge is 0.165 e. The van der Waals surface area contributed by atoms with Gasteiger partial charge < -0.3 is 0 Å². The van der Waals surface area contributed by atoms with Crippen LogP contribution in [0, 0.1) is 20.8 Å². The van der Waals surface area contributed by atoms with Gasteiger partial charge in [-0.3, -0.25) is 4.98 Å². The van der Waals surface area contributed by atoms with Crippen LogP contribution < -0.4 is 0 Å². The average Bonchev–Trinajstić information content (AvgIpc) is 2.67. The van der Waals surface area contributed by atoms with Crippen molar-refractivity contribution in [2.24, 2.45) is 0 Å². The molecule has 3 rings (SSSR count). The maximum atomic E-state index is 4.59. The Morgan fingerprint density at radius 1 is 1.11 bits per heavy atom. The minimum Gasteiger partial charge on any atom is -0.256 e. The van der Waals surface area contributed by atoms with Gasteiger partial charge in [-0.05, 0) is 39.0 Å². The molecule has 0 fully saturated rings. The predicted molar refractivity (Wildman–Crippen MR) is 70.4 cm³/mol. The van der Waals surface area contributed by atoms with Crippen molar-refractivity contribution in [3.63, 3.8) is 0 Å². The molecule has 3 aromatic rings. The molecule has 18 heavy (non-hydrogen) atoms. The van der Waals surface area contributed by atoms with E-state index in [2.05, 4.69) is 15.1 Å². The molecule has 0 aliphatic rings. The van der Waals surface area contributed by atoms with Crippen LogP contribution in [0.25, 0.3) is 16.9 Å². The Hall–Kier alpha value is -2.23. The van der Waals surface area contributed by atoms with Crippen molar-refractivity contribution in [3.05, 3.63) is 47.5 Å². The van der Waals surface area contributed by atoms with Crippen molar-refractivity contribution in [1.82, 2.24) is 19.6 Å². The number of nitrogens with zero attached hydrogens (tertiary/aromatic N) is 4. The van der Waals surface area contributed by atoms with Crippen LogP contribution in [0.2, 0.25) is 0 Å². The summed E-state index contributed by atoms with van der Waals surface area (Å²) in [6, 6.07) is 7.91. The summed E-state index contributed by atoms with van der Waals surface area (Å²) in [5, 5.41) is 4.54. The fraction of sp³-hybridized carbons (Fsp3) is 0.214. The minimum absolute atomic E-state index is 0.878. The first kappa shape index (κ1) is 10.9. The number of aryl methyl sites for hydroxylation is 3. The van der Waals surface area contributed by atoms with E-state index in [1.165, 1.54) is 0 Å². The lowest BCUT2D eigenvalue weighted by Crippen LogP contribution is -1.97. The van der Waals surface area contributed by atoms with Crippen molar-refractivity contribution in [2.75, 3.05) is 0 Å². The second-order valence-electron chi connectivity index (χ2n) is 4.45. The molecule has 0 saturated carbocycles. The van der Waals surface area contributed by atoms with Crippen molar-refractivity contribution in [2.45, 2.75) is 20.8 Å².